The van der Waals surface area contributed by atoms with E-state index in [9.17, 15) is 44.1 Å². The Labute approximate surface area is 241 Å². The molecule has 43 heavy (non-hydrogen) atoms. The van der Waals surface area contributed by atoms with Crippen LogP contribution in [0.1, 0.15) is 22.8 Å². The number of hydrogen-bond donors (Lipinski definition) is 6. The second-order valence-corrected chi connectivity index (χ2v) is 12.4. The van der Waals surface area contributed by atoms with Crippen LogP contribution in [0.4, 0.5) is 5.82 Å². The maximum atomic E-state index is 12.5. The summed E-state index contributed by atoms with van der Waals surface area (Å²) in [6, 6.07) is 2.92. The van der Waals surface area contributed by atoms with Gasteiger partial charge in [0.05, 0.1) is 25.1 Å². The van der Waals surface area contributed by atoms with Crippen LogP contribution >= 0.6 is 15.6 Å². The molecule has 2 saturated heterocycles. The molecule has 3 aromatic rings. The SMILES string of the molecule is Nc1ncnc2c1ncn2[C@@H]1O[C@H](COP(=O)(O)OP(=O)([O-])O[C@H]2[C@@H](O)[C@H]([n+]3cccc(C=O)c3)O[C@@H]2CO)[C@@H](O)[C@H]1O. The molecular formula is C21H26N6O14P2. The number of carbonyl (C=O) groups excluding carboxylic acids is 1. The lowest BCUT2D eigenvalue weighted by Gasteiger charge is -2.29. The number of phosphoric acid groups is 2. The van der Waals surface area contributed by atoms with Gasteiger partial charge in [0.15, 0.2) is 42.5 Å². The Morgan fingerprint density at radius 1 is 1.14 bits per heavy atom. The number of phosphoric ester groups is 2. The van der Waals surface area contributed by atoms with E-state index < -0.39 is 77.9 Å². The second kappa shape index (κ2) is 12.3. The standard InChI is InChI=1S/C21H26N6O14P2/c22-18-13-19(24-8-23-18)27(9-25-13)21-15(31)14(30)12(39-21)7-37-42(33,34)41-43(35,36)40-17-11(6-29)38-20(16(17)32)26-3-1-2-10(4-26)5-28/h1-5,8-9,11-12,14-17,20-21,29-32H,6-7H2,(H3-,22,23,24,33,34,35,36)/t11-,12-,14-,15-,16-,17-,20-,21-/m1/s1. The molecule has 5 heterocycles. The number of nitrogens with two attached hydrogens (primary N) is 1. The molecular weight excluding hydrogens is 622 g/mol. The van der Waals surface area contributed by atoms with Gasteiger partial charge >= 0.3 is 7.82 Å². The molecule has 10 atom stereocenters. The molecule has 0 bridgehead atoms. The van der Waals surface area contributed by atoms with Crippen molar-refractivity contribution in [1.29, 1.82) is 0 Å². The molecule has 5 rings (SSSR count). The van der Waals surface area contributed by atoms with Crippen molar-refractivity contribution in [2.75, 3.05) is 18.9 Å². The minimum atomic E-state index is -5.75. The Morgan fingerprint density at radius 3 is 2.63 bits per heavy atom. The summed E-state index contributed by atoms with van der Waals surface area (Å²) in [6.07, 6.45) is -6.77. The van der Waals surface area contributed by atoms with Gasteiger partial charge in [-0.05, 0) is 6.07 Å². The number of fused-ring (bicyclic) bond motifs is 1. The molecule has 234 valence electrons. The van der Waals surface area contributed by atoms with Gasteiger partial charge < -0.3 is 49.9 Å². The van der Waals surface area contributed by atoms with Gasteiger partial charge in [0.1, 0.15) is 42.4 Å². The highest BCUT2D eigenvalue weighted by molar-refractivity contribution is 7.60. The number of imidazole rings is 1. The zero-order valence-electron chi connectivity index (χ0n) is 21.7. The van der Waals surface area contributed by atoms with Gasteiger partial charge in [-0.2, -0.15) is 4.57 Å². The smallest absolute Gasteiger partial charge is 0.478 e. The molecule has 2 fully saturated rings. The number of aldehydes is 1. The van der Waals surface area contributed by atoms with Crippen molar-refractivity contribution in [3.63, 3.8) is 0 Å². The summed E-state index contributed by atoms with van der Waals surface area (Å²) in [7, 11) is -11.2. The molecule has 0 saturated carbocycles. The van der Waals surface area contributed by atoms with Gasteiger partial charge in [-0.1, -0.05) is 0 Å². The molecule has 22 heteroatoms. The van der Waals surface area contributed by atoms with Crippen LogP contribution in [0.5, 0.6) is 0 Å². The lowest BCUT2D eigenvalue weighted by atomic mass is 10.1. The van der Waals surface area contributed by atoms with Crippen LogP contribution in [0.15, 0.2) is 37.2 Å². The van der Waals surface area contributed by atoms with E-state index in [1.165, 1.54) is 40.0 Å². The van der Waals surface area contributed by atoms with Crippen molar-refractivity contribution in [2.24, 2.45) is 0 Å². The van der Waals surface area contributed by atoms with Crippen LogP contribution < -0.4 is 15.2 Å². The molecule has 7 N–H and O–H groups in total. The third-order valence-corrected chi connectivity index (χ3v) is 9.22. The van der Waals surface area contributed by atoms with E-state index in [1.807, 2.05) is 0 Å². The zero-order chi connectivity index (χ0) is 31.1. The van der Waals surface area contributed by atoms with Crippen LogP contribution in [0.25, 0.3) is 11.2 Å². The summed E-state index contributed by atoms with van der Waals surface area (Å²) in [5.74, 6) is 0.0441. The molecule has 0 aliphatic carbocycles. The first-order valence-corrected chi connectivity index (χ1v) is 15.3. The predicted octanol–water partition coefficient (Wildman–Crippen LogP) is -2.93. The number of rotatable bonds is 11. The number of hydrogen-bond acceptors (Lipinski definition) is 17. The fourth-order valence-corrected chi connectivity index (χ4v) is 6.87. The number of anilines is 1. The van der Waals surface area contributed by atoms with Crippen LogP contribution in [0.2, 0.25) is 0 Å². The molecule has 0 radical (unpaired) electrons. The third kappa shape index (κ3) is 6.52. The minimum Gasteiger partial charge on any atom is -0.756 e. The summed E-state index contributed by atoms with van der Waals surface area (Å²) in [5, 5.41) is 41.2. The number of ether oxygens (including phenoxy) is 2. The van der Waals surface area contributed by atoms with Crippen molar-refractivity contribution in [3.8, 4) is 0 Å². The number of nitrogens with zero attached hydrogens (tertiary/aromatic N) is 5. The molecule has 2 aliphatic heterocycles. The Bertz CT molecular complexity index is 1580. The molecule has 2 aliphatic rings. The lowest BCUT2D eigenvalue weighted by Crippen LogP contribution is -2.46. The van der Waals surface area contributed by atoms with Crippen molar-refractivity contribution < 1.29 is 71.5 Å². The van der Waals surface area contributed by atoms with Crippen LogP contribution in [-0.2, 0) is 32.0 Å². The fraction of sp³-hybridized carbons (Fsp3) is 0.476. The highest BCUT2D eigenvalue weighted by Crippen LogP contribution is 2.59. The quantitative estimate of drug-likeness (QED) is 0.0688. The molecule has 0 aromatic carbocycles. The highest BCUT2D eigenvalue weighted by atomic mass is 31.3. The summed E-state index contributed by atoms with van der Waals surface area (Å²) in [4.78, 5) is 45.5. The van der Waals surface area contributed by atoms with Gasteiger partial charge in [-0.25, -0.2) is 23.8 Å². The zero-order valence-corrected chi connectivity index (χ0v) is 23.5. The Morgan fingerprint density at radius 2 is 1.91 bits per heavy atom. The van der Waals surface area contributed by atoms with Crippen LogP contribution in [0, 0.1) is 0 Å². The Balaban J connectivity index is 1.22. The fourth-order valence-electron chi connectivity index (χ4n) is 4.62. The van der Waals surface area contributed by atoms with E-state index in [4.69, 9.17) is 24.3 Å². The molecule has 20 nitrogen and oxygen atoms in total. The molecule has 3 aromatic heterocycles. The summed E-state index contributed by atoms with van der Waals surface area (Å²) in [5.41, 5.74) is 6.29. The molecule has 2 unspecified atom stereocenters. The largest absolute Gasteiger partial charge is 0.756 e. The number of aliphatic hydroxyl groups is 4. The van der Waals surface area contributed by atoms with E-state index in [0.717, 1.165) is 6.33 Å². The second-order valence-electron chi connectivity index (χ2n) is 9.43. The molecule has 0 amide bonds. The summed E-state index contributed by atoms with van der Waals surface area (Å²) < 4.78 is 52.2. The van der Waals surface area contributed by atoms with E-state index >= 15 is 0 Å². The van der Waals surface area contributed by atoms with Crippen molar-refractivity contribution >= 4 is 38.9 Å². The average molecular weight is 648 g/mol. The number of carbonyl (C=O) groups is 1. The number of aliphatic hydroxyl groups excluding tert-OH is 4. The van der Waals surface area contributed by atoms with Crippen molar-refractivity contribution in [2.45, 2.75) is 49.1 Å². The number of pyridine rings is 1. The third-order valence-electron chi connectivity index (χ3n) is 6.62. The summed E-state index contributed by atoms with van der Waals surface area (Å²) >= 11 is 0. The first kappa shape index (κ1) is 31.6. The van der Waals surface area contributed by atoms with E-state index in [1.54, 1.807) is 0 Å². The lowest BCUT2D eigenvalue weighted by molar-refractivity contribution is -0.765. The van der Waals surface area contributed by atoms with Gasteiger partial charge in [0, 0.05) is 6.07 Å². The monoisotopic (exact) mass is 648 g/mol. The highest BCUT2D eigenvalue weighted by Gasteiger charge is 2.52. The predicted molar refractivity (Wildman–Crippen MR) is 134 cm³/mol. The average Bonchev–Trinajstić information content (AvgIpc) is 3.61. The van der Waals surface area contributed by atoms with Crippen LogP contribution in [0.3, 0.4) is 0 Å². The molecule has 0 spiro atoms. The van der Waals surface area contributed by atoms with Gasteiger partial charge in [-0.15, -0.1) is 0 Å². The van der Waals surface area contributed by atoms with Crippen molar-refractivity contribution in [3.05, 3.63) is 42.7 Å². The van der Waals surface area contributed by atoms with E-state index in [0.29, 0.717) is 6.29 Å². The normalized spacial score (nSPS) is 32.0. The van der Waals surface area contributed by atoms with E-state index in [2.05, 4.69) is 19.3 Å². The maximum absolute atomic E-state index is 12.5. The topological polar surface area (TPSA) is 295 Å². The van der Waals surface area contributed by atoms with Gasteiger partial charge in [0.2, 0.25) is 0 Å². The van der Waals surface area contributed by atoms with Gasteiger partial charge in [-0.3, -0.25) is 18.5 Å². The Kier molecular flexibility index (Phi) is 9.04. The van der Waals surface area contributed by atoms with Crippen LogP contribution in [-0.4, -0.2) is 101 Å². The maximum Gasteiger partial charge on any atom is 0.478 e. The first-order chi connectivity index (χ1) is 20.3. The number of aromatic nitrogens is 5. The minimum absolute atomic E-state index is 0.0441. The van der Waals surface area contributed by atoms with Crippen molar-refractivity contribution in [1.82, 2.24) is 19.5 Å². The Hall–Kier alpha value is -2.81. The number of nitrogen functional groups attached to an aromatic ring is 1. The van der Waals surface area contributed by atoms with Gasteiger partial charge in [0.25, 0.3) is 14.1 Å². The van der Waals surface area contributed by atoms with E-state index in [-0.39, 0.29) is 22.5 Å². The first-order valence-electron chi connectivity index (χ1n) is 12.4. The summed E-state index contributed by atoms with van der Waals surface area (Å²) in [6.45, 7) is -1.77.